The molecule has 130 valence electrons. The van der Waals surface area contributed by atoms with Crippen molar-refractivity contribution in [1.29, 1.82) is 0 Å². The average molecular weight is 394 g/mol. The number of halogens is 1. The number of hydrogen-bond acceptors (Lipinski definition) is 7. The summed E-state index contributed by atoms with van der Waals surface area (Å²) < 4.78 is 7.75. The number of thioether (sulfide) groups is 1. The molecule has 0 aliphatic heterocycles. The molecule has 2 aromatic heterocycles. The molecule has 25 heavy (non-hydrogen) atoms. The van der Waals surface area contributed by atoms with Crippen molar-refractivity contribution in [2.45, 2.75) is 36.4 Å². The van der Waals surface area contributed by atoms with Crippen LogP contribution in [-0.4, -0.2) is 19.7 Å². The van der Waals surface area contributed by atoms with Gasteiger partial charge in [0, 0.05) is 22.2 Å². The predicted octanol–water partition coefficient (Wildman–Crippen LogP) is 4.18. The molecule has 0 saturated heterocycles. The zero-order valence-corrected chi connectivity index (χ0v) is 15.7. The molecular formula is C16H16ClN5OS2. The highest BCUT2D eigenvalue weighted by atomic mass is 35.5. The van der Waals surface area contributed by atoms with E-state index in [-0.39, 0.29) is 0 Å². The summed E-state index contributed by atoms with van der Waals surface area (Å²) in [7, 11) is 0. The number of thiazole rings is 1. The van der Waals surface area contributed by atoms with Crippen LogP contribution in [0.1, 0.15) is 29.6 Å². The third kappa shape index (κ3) is 4.08. The van der Waals surface area contributed by atoms with Crippen molar-refractivity contribution < 1.29 is 4.74 Å². The summed E-state index contributed by atoms with van der Waals surface area (Å²) in [5.41, 5.74) is 6.91. The quantitative estimate of drug-likeness (QED) is 0.606. The van der Waals surface area contributed by atoms with Crippen LogP contribution in [0.5, 0.6) is 5.75 Å². The lowest BCUT2D eigenvalue weighted by Gasteiger charge is -2.05. The molecule has 2 heterocycles. The van der Waals surface area contributed by atoms with Gasteiger partial charge in [0.1, 0.15) is 17.4 Å². The van der Waals surface area contributed by atoms with Crippen LogP contribution in [0.25, 0.3) is 0 Å². The molecule has 0 bridgehead atoms. The largest absolute Gasteiger partial charge is 0.486 e. The zero-order valence-electron chi connectivity index (χ0n) is 13.3. The van der Waals surface area contributed by atoms with Crippen LogP contribution in [0.2, 0.25) is 5.02 Å². The van der Waals surface area contributed by atoms with E-state index in [4.69, 9.17) is 22.1 Å². The fourth-order valence-electron chi connectivity index (χ4n) is 2.36. The lowest BCUT2D eigenvalue weighted by molar-refractivity contribution is 0.305. The van der Waals surface area contributed by atoms with Gasteiger partial charge in [-0.3, -0.25) is 4.57 Å². The highest BCUT2D eigenvalue weighted by molar-refractivity contribution is 7.98. The average Bonchev–Trinajstić information content (AvgIpc) is 3.22. The van der Waals surface area contributed by atoms with Gasteiger partial charge < -0.3 is 10.5 Å². The molecule has 1 fully saturated rings. The Morgan fingerprint density at radius 1 is 1.28 bits per heavy atom. The first-order chi connectivity index (χ1) is 12.2. The van der Waals surface area contributed by atoms with Crippen LogP contribution in [0.15, 0.2) is 34.8 Å². The van der Waals surface area contributed by atoms with Crippen LogP contribution in [0.3, 0.4) is 0 Å². The number of benzene rings is 1. The third-order valence-corrected chi connectivity index (χ3v) is 5.83. The van der Waals surface area contributed by atoms with Gasteiger partial charge in [-0.05, 0) is 37.1 Å². The monoisotopic (exact) mass is 393 g/mol. The van der Waals surface area contributed by atoms with E-state index in [9.17, 15) is 0 Å². The van der Waals surface area contributed by atoms with Gasteiger partial charge in [0.05, 0.1) is 5.69 Å². The van der Waals surface area contributed by atoms with E-state index < -0.39 is 0 Å². The second-order valence-electron chi connectivity index (χ2n) is 5.71. The van der Waals surface area contributed by atoms with E-state index in [1.54, 1.807) is 23.1 Å². The Morgan fingerprint density at radius 3 is 2.84 bits per heavy atom. The Labute approximate surface area is 158 Å². The Hall–Kier alpha value is -1.77. The van der Waals surface area contributed by atoms with E-state index in [0.717, 1.165) is 40.2 Å². The summed E-state index contributed by atoms with van der Waals surface area (Å²) in [6.07, 6.45) is 2.30. The second kappa shape index (κ2) is 7.23. The number of nitrogens with two attached hydrogens (primary N) is 1. The van der Waals surface area contributed by atoms with E-state index >= 15 is 0 Å². The maximum Gasteiger partial charge on any atom is 0.222 e. The van der Waals surface area contributed by atoms with Gasteiger partial charge in [-0.25, -0.2) is 4.98 Å². The molecule has 1 aliphatic rings. The van der Waals surface area contributed by atoms with Gasteiger partial charge >= 0.3 is 0 Å². The molecule has 2 N–H and O–H groups in total. The summed E-state index contributed by atoms with van der Waals surface area (Å²) in [4.78, 5) is 4.61. The highest BCUT2D eigenvalue weighted by Crippen LogP contribution is 2.39. The number of anilines is 1. The Morgan fingerprint density at radius 2 is 2.08 bits per heavy atom. The number of nitrogens with zero attached hydrogens (tertiary/aromatic N) is 4. The van der Waals surface area contributed by atoms with Crippen molar-refractivity contribution in [2.75, 3.05) is 5.73 Å². The lowest BCUT2D eigenvalue weighted by Crippen LogP contribution is -2.02. The van der Waals surface area contributed by atoms with Gasteiger partial charge in [-0.1, -0.05) is 23.4 Å². The fourth-order valence-corrected chi connectivity index (χ4v) is 4.20. The number of aromatic nitrogens is 4. The van der Waals surface area contributed by atoms with Crippen molar-refractivity contribution in [3.05, 3.63) is 45.4 Å². The highest BCUT2D eigenvalue weighted by Gasteiger charge is 2.28. The number of rotatable bonds is 7. The maximum atomic E-state index is 5.90. The Bertz CT molecular complexity index is 860. The van der Waals surface area contributed by atoms with Crippen LogP contribution in [-0.2, 0) is 12.4 Å². The van der Waals surface area contributed by atoms with Gasteiger partial charge in [-0.2, -0.15) is 0 Å². The molecule has 0 radical (unpaired) electrons. The minimum absolute atomic E-state index is 0.447. The van der Waals surface area contributed by atoms with Gasteiger partial charge in [-0.15, -0.1) is 21.5 Å². The lowest BCUT2D eigenvalue weighted by atomic mass is 10.3. The standard InChI is InChI=1S/C16H16ClN5OS2/c17-10-1-5-13(6-2-10)23-7-14-19-11(8-24-14)9-25-16-21-20-15(18)22(16)12-3-4-12/h1-2,5-6,8,12H,3-4,7,9H2,(H2,18,20). The van der Waals surface area contributed by atoms with Crippen molar-refractivity contribution in [3.8, 4) is 5.75 Å². The summed E-state index contributed by atoms with van der Waals surface area (Å²) in [5, 5.41) is 12.7. The van der Waals surface area contributed by atoms with Crippen LogP contribution in [0.4, 0.5) is 5.95 Å². The van der Waals surface area contributed by atoms with E-state index in [2.05, 4.69) is 20.6 Å². The van der Waals surface area contributed by atoms with Crippen LogP contribution >= 0.6 is 34.7 Å². The molecule has 0 unspecified atom stereocenters. The first-order valence-corrected chi connectivity index (χ1v) is 10.1. The molecule has 4 rings (SSSR count). The summed E-state index contributed by atoms with van der Waals surface area (Å²) in [6, 6.07) is 7.78. The van der Waals surface area contributed by atoms with Crippen LogP contribution in [0, 0.1) is 0 Å². The molecule has 6 nitrogen and oxygen atoms in total. The minimum atomic E-state index is 0.447. The smallest absolute Gasteiger partial charge is 0.222 e. The van der Waals surface area contributed by atoms with Crippen LogP contribution < -0.4 is 10.5 Å². The zero-order chi connectivity index (χ0) is 17.2. The maximum absolute atomic E-state index is 5.90. The van der Waals surface area contributed by atoms with Crippen molar-refractivity contribution in [2.24, 2.45) is 0 Å². The van der Waals surface area contributed by atoms with Gasteiger partial charge in [0.15, 0.2) is 5.16 Å². The van der Waals surface area contributed by atoms with E-state index in [1.165, 1.54) is 0 Å². The fraction of sp³-hybridized carbons (Fsp3) is 0.312. The minimum Gasteiger partial charge on any atom is -0.486 e. The first kappa shape index (κ1) is 16.7. The van der Waals surface area contributed by atoms with Crippen molar-refractivity contribution >= 4 is 40.6 Å². The summed E-state index contributed by atoms with van der Waals surface area (Å²) >= 11 is 9.08. The normalized spacial score (nSPS) is 14.0. The van der Waals surface area contributed by atoms with Crippen molar-refractivity contribution in [1.82, 2.24) is 19.7 Å². The van der Waals surface area contributed by atoms with Gasteiger partial charge in [0.2, 0.25) is 5.95 Å². The molecule has 1 aromatic carbocycles. The number of ether oxygens (including phenoxy) is 1. The number of hydrogen-bond donors (Lipinski definition) is 1. The molecule has 0 amide bonds. The molecule has 0 spiro atoms. The van der Waals surface area contributed by atoms with E-state index in [1.807, 2.05) is 28.8 Å². The Kier molecular flexibility index (Phi) is 4.82. The molecule has 1 saturated carbocycles. The SMILES string of the molecule is Nc1nnc(SCc2csc(COc3ccc(Cl)cc3)n2)n1C1CC1. The third-order valence-electron chi connectivity index (χ3n) is 3.73. The molecule has 1 aliphatic carbocycles. The predicted molar refractivity (Wildman–Crippen MR) is 100 cm³/mol. The van der Waals surface area contributed by atoms with Gasteiger partial charge in [0.25, 0.3) is 0 Å². The molecule has 0 atom stereocenters. The Balaban J connectivity index is 1.33. The topological polar surface area (TPSA) is 78.8 Å². The summed E-state index contributed by atoms with van der Waals surface area (Å²) in [6.45, 7) is 0.447. The van der Waals surface area contributed by atoms with Crippen molar-refractivity contribution in [3.63, 3.8) is 0 Å². The number of nitrogen functional groups attached to an aromatic ring is 1. The molecule has 3 aromatic rings. The second-order valence-corrected chi connectivity index (χ2v) is 8.03. The molecule has 9 heteroatoms. The first-order valence-electron chi connectivity index (χ1n) is 7.84. The van der Waals surface area contributed by atoms with E-state index in [0.29, 0.717) is 23.6 Å². The summed E-state index contributed by atoms with van der Waals surface area (Å²) in [5.74, 6) is 2.02. The molecular weight excluding hydrogens is 378 g/mol.